The summed E-state index contributed by atoms with van der Waals surface area (Å²) < 4.78 is 10.3. The molecule has 0 radical (unpaired) electrons. The minimum absolute atomic E-state index is 0.0411. The van der Waals surface area contributed by atoms with Crippen molar-refractivity contribution in [3.63, 3.8) is 0 Å². The van der Waals surface area contributed by atoms with Gasteiger partial charge in [0, 0.05) is 13.0 Å². The SMILES string of the molecule is CC(=O)OCCCCCCCOc1ccc([N+](=O)[O-])c(C=O)c1Cl. The number of nitro groups is 1. The molecule has 0 atom stereocenters. The number of hydrogen-bond acceptors (Lipinski definition) is 6. The molecule has 1 aromatic rings. The number of carbonyl (C=O) groups is 2. The number of nitro benzene ring substituents is 1. The van der Waals surface area contributed by atoms with E-state index < -0.39 is 4.92 Å². The Labute approximate surface area is 145 Å². The summed E-state index contributed by atoms with van der Waals surface area (Å²) in [6, 6.07) is 2.60. The Morgan fingerprint density at radius 2 is 1.83 bits per heavy atom. The van der Waals surface area contributed by atoms with Crippen molar-refractivity contribution in [3.8, 4) is 5.75 Å². The number of benzene rings is 1. The van der Waals surface area contributed by atoms with Crippen LogP contribution in [0.4, 0.5) is 5.69 Å². The van der Waals surface area contributed by atoms with Crippen LogP contribution in [0.5, 0.6) is 5.75 Å². The standard InChI is InChI=1S/C16H20ClNO6/c1-12(20)23-9-5-3-2-4-6-10-24-15-8-7-14(18(21)22)13(11-19)16(15)17/h7-8,11H,2-6,9-10H2,1H3. The predicted octanol–water partition coefficient (Wildman–Crippen LogP) is 3.95. The molecule has 0 saturated carbocycles. The van der Waals surface area contributed by atoms with Crippen molar-refractivity contribution in [2.45, 2.75) is 39.0 Å². The van der Waals surface area contributed by atoms with Crippen molar-refractivity contribution < 1.29 is 24.0 Å². The van der Waals surface area contributed by atoms with Crippen LogP contribution < -0.4 is 4.74 Å². The average Bonchev–Trinajstić information content (AvgIpc) is 2.53. The first kappa shape index (κ1) is 19.9. The molecular formula is C16H20ClNO6. The van der Waals surface area contributed by atoms with Gasteiger partial charge in [0.15, 0.2) is 6.29 Å². The molecule has 0 aliphatic carbocycles. The minimum Gasteiger partial charge on any atom is -0.492 e. The third kappa shape index (κ3) is 6.54. The van der Waals surface area contributed by atoms with Crippen LogP contribution >= 0.6 is 11.6 Å². The van der Waals surface area contributed by atoms with Crippen molar-refractivity contribution in [2.24, 2.45) is 0 Å². The van der Waals surface area contributed by atoms with E-state index in [0.29, 0.717) is 19.5 Å². The van der Waals surface area contributed by atoms with Gasteiger partial charge in [0.2, 0.25) is 0 Å². The van der Waals surface area contributed by atoms with Gasteiger partial charge in [0.05, 0.1) is 18.1 Å². The summed E-state index contributed by atoms with van der Waals surface area (Å²) in [5.41, 5.74) is -0.514. The Morgan fingerprint density at radius 1 is 1.21 bits per heavy atom. The van der Waals surface area contributed by atoms with Crippen LogP contribution in [-0.4, -0.2) is 30.4 Å². The van der Waals surface area contributed by atoms with Gasteiger partial charge >= 0.3 is 5.97 Å². The zero-order valence-electron chi connectivity index (χ0n) is 13.5. The smallest absolute Gasteiger partial charge is 0.302 e. The summed E-state index contributed by atoms with van der Waals surface area (Å²) in [5, 5.41) is 10.8. The third-order valence-electron chi connectivity index (χ3n) is 3.29. The van der Waals surface area contributed by atoms with Gasteiger partial charge < -0.3 is 9.47 Å². The molecule has 0 heterocycles. The number of hydrogen-bond donors (Lipinski definition) is 0. The summed E-state index contributed by atoms with van der Waals surface area (Å²) in [5.74, 6) is -0.00250. The molecule has 0 aliphatic heterocycles. The summed E-state index contributed by atoms with van der Waals surface area (Å²) >= 11 is 5.98. The number of aldehydes is 1. The fourth-order valence-electron chi connectivity index (χ4n) is 2.08. The van der Waals surface area contributed by atoms with Crippen molar-refractivity contribution in [3.05, 3.63) is 32.8 Å². The highest BCUT2D eigenvalue weighted by molar-refractivity contribution is 6.34. The van der Waals surface area contributed by atoms with E-state index in [0.717, 1.165) is 32.1 Å². The van der Waals surface area contributed by atoms with Gasteiger partial charge in [-0.15, -0.1) is 0 Å². The number of nitrogens with zero attached hydrogens (tertiary/aromatic N) is 1. The number of carbonyl (C=O) groups excluding carboxylic acids is 2. The van der Waals surface area contributed by atoms with Crippen molar-refractivity contribution in [1.29, 1.82) is 0 Å². The van der Waals surface area contributed by atoms with Crippen molar-refractivity contribution in [2.75, 3.05) is 13.2 Å². The van der Waals surface area contributed by atoms with Crippen LogP contribution in [0.3, 0.4) is 0 Å². The fourth-order valence-corrected chi connectivity index (χ4v) is 2.34. The largest absolute Gasteiger partial charge is 0.492 e. The lowest BCUT2D eigenvalue weighted by molar-refractivity contribution is -0.385. The molecule has 0 spiro atoms. The van der Waals surface area contributed by atoms with Crippen LogP contribution in [0.2, 0.25) is 5.02 Å². The van der Waals surface area contributed by atoms with Gasteiger partial charge in [0.25, 0.3) is 5.69 Å². The lowest BCUT2D eigenvalue weighted by Crippen LogP contribution is -2.02. The van der Waals surface area contributed by atoms with Gasteiger partial charge in [0.1, 0.15) is 16.3 Å². The normalized spacial score (nSPS) is 10.2. The maximum Gasteiger partial charge on any atom is 0.302 e. The van der Waals surface area contributed by atoms with Gasteiger partial charge in [-0.1, -0.05) is 30.9 Å². The van der Waals surface area contributed by atoms with Gasteiger partial charge in [-0.25, -0.2) is 0 Å². The van der Waals surface area contributed by atoms with E-state index in [9.17, 15) is 19.7 Å². The first-order valence-electron chi connectivity index (χ1n) is 7.65. The number of rotatable bonds is 11. The molecule has 0 N–H and O–H groups in total. The summed E-state index contributed by atoms with van der Waals surface area (Å²) in [6.45, 7) is 2.23. The van der Waals surface area contributed by atoms with E-state index in [4.69, 9.17) is 21.1 Å². The molecule has 8 heteroatoms. The molecule has 0 saturated heterocycles. The topological polar surface area (TPSA) is 95.7 Å². The Bertz CT molecular complexity index is 590. The average molecular weight is 358 g/mol. The maximum absolute atomic E-state index is 11.0. The van der Waals surface area contributed by atoms with E-state index in [2.05, 4.69) is 0 Å². The maximum atomic E-state index is 11.0. The molecule has 0 amide bonds. The van der Waals surface area contributed by atoms with Gasteiger partial charge in [-0.2, -0.15) is 0 Å². The second-order valence-electron chi connectivity index (χ2n) is 5.14. The fraction of sp³-hybridized carbons (Fsp3) is 0.500. The van der Waals surface area contributed by atoms with Crippen LogP contribution in [0.25, 0.3) is 0 Å². The molecule has 0 bridgehead atoms. The van der Waals surface area contributed by atoms with Crippen LogP contribution in [0.1, 0.15) is 49.4 Å². The van der Waals surface area contributed by atoms with Crippen LogP contribution in [0.15, 0.2) is 12.1 Å². The third-order valence-corrected chi connectivity index (χ3v) is 3.68. The first-order valence-corrected chi connectivity index (χ1v) is 8.03. The van der Waals surface area contributed by atoms with Gasteiger partial charge in [-0.3, -0.25) is 19.7 Å². The highest BCUT2D eigenvalue weighted by Crippen LogP contribution is 2.33. The number of halogens is 1. The Morgan fingerprint density at radius 3 is 2.42 bits per heavy atom. The molecule has 0 unspecified atom stereocenters. The monoisotopic (exact) mass is 357 g/mol. The molecule has 132 valence electrons. The highest BCUT2D eigenvalue weighted by Gasteiger charge is 2.19. The molecule has 0 aliphatic rings. The lowest BCUT2D eigenvalue weighted by Gasteiger charge is -2.09. The quantitative estimate of drug-likeness (QED) is 0.195. The van der Waals surface area contributed by atoms with Gasteiger partial charge in [-0.05, 0) is 18.9 Å². The molecule has 0 fully saturated rings. The molecule has 7 nitrogen and oxygen atoms in total. The first-order chi connectivity index (χ1) is 11.5. The Kier molecular flexibility index (Phi) is 8.78. The van der Waals surface area contributed by atoms with Crippen molar-refractivity contribution in [1.82, 2.24) is 0 Å². The highest BCUT2D eigenvalue weighted by atomic mass is 35.5. The lowest BCUT2D eigenvalue weighted by atomic mass is 10.1. The van der Waals surface area contributed by atoms with Crippen molar-refractivity contribution >= 4 is 29.5 Å². The van der Waals surface area contributed by atoms with E-state index in [1.807, 2.05) is 0 Å². The second-order valence-corrected chi connectivity index (χ2v) is 5.52. The van der Waals surface area contributed by atoms with E-state index in [1.165, 1.54) is 19.1 Å². The number of esters is 1. The van der Waals surface area contributed by atoms with Crippen LogP contribution in [-0.2, 0) is 9.53 Å². The predicted molar refractivity (Wildman–Crippen MR) is 88.7 cm³/mol. The summed E-state index contributed by atoms with van der Waals surface area (Å²) in [4.78, 5) is 31.7. The zero-order valence-corrected chi connectivity index (χ0v) is 14.2. The molecular weight excluding hydrogens is 338 g/mol. The van der Waals surface area contributed by atoms with E-state index in [-0.39, 0.29) is 28.0 Å². The van der Waals surface area contributed by atoms with Crippen LogP contribution in [0, 0.1) is 10.1 Å². The Balaban J connectivity index is 2.32. The molecule has 0 aromatic heterocycles. The molecule has 24 heavy (non-hydrogen) atoms. The molecule has 1 rings (SSSR count). The zero-order chi connectivity index (χ0) is 17.9. The molecule has 1 aromatic carbocycles. The second kappa shape index (κ2) is 10.6. The van der Waals surface area contributed by atoms with E-state index >= 15 is 0 Å². The number of unbranched alkanes of at least 4 members (excludes halogenated alkanes) is 4. The van der Waals surface area contributed by atoms with E-state index in [1.54, 1.807) is 0 Å². The number of ether oxygens (including phenoxy) is 2. The summed E-state index contributed by atoms with van der Waals surface area (Å²) in [7, 11) is 0. The minimum atomic E-state index is -0.658. The Hall–Kier alpha value is -2.15. The summed E-state index contributed by atoms with van der Waals surface area (Å²) in [6.07, 6.45) is 4.86.